The highest BCUT2D eigenvalue weighted by Gasteiger charge is 2.04. The SMILES string of the molecule is COc1ccc(C(C)CCCC=O)cc1. The first-order valence-corrected chi connectivity index (χ1v) is 5.35. The van der Waals surface area contributed by atoms with Gasteiger partial charge in [-0.1, -0.05) is 19.1 Å². The Morgan fingerprint density at radius 1 is 1.33 bits per heavy atom. The fourth-order valence-electron chi connectivity index (χ4n) is 1.61. The molecule has 1 aromatic carbocycles. The van der Waals surface area contributed by atoms with Crippen LogP contribution in [0.1, 0.15) is 37.7 Å². The molecule has 0 aliphatic rings. The molecular formula is C13H18O2. The Bertz CT molecular complexity index is 290. The van der Waals surface area contributed by atoms with Crippen molar-refractivity contribution in [2.45, 2.75) is 32.1 Å². The number of methoxy groups -OCH3 is 1. The summed E-state index contributed by atoms with van der Waals surface area (Å²) in [6.45, 7) is 2.19. The Labute approximate surface area is 91.3 Å². The lowest BCUT2D eigenvalue weighted by atomic mass is 9.95. The first-order chi connectivity index (χ1) is 7.27. The van der Waals surface area contributed by atoms with E-state index < -0.39 is 0 Å². The highest BCUT2D eigenvalue weighted by molar-refractivity contribution is 5.49. The standard InChI is InChI=1S/C13H18O2/c1-11(5-3-4-10-14)12-6-8-13(15-2)9-7-12/h6-11H,3-5H2,1-2H3. The molecule has 82 valence electrons. The van der Waals surface area contributed by atoms with Gasteiger partial charge in [-0.3, -0.25) is 0 Å². The number of rotatable bonds is 6. The summed E-state index contributed by atoms with van der Waals surface area (Å²) in [6, 6.07) is 8.13. The fourth-order valence-corrected chi connectivity index (χ4v) is 1.61. The lowest BCUT2D eigenvalue weighted by molar-refractivity contribution is -0.107. The van der Waals surface area contributed by atoms with E-state index in [4.69, 9.17) is 4.74 Å². The molecule has 2 heteroatoms. The molecule has 0 aliphatic heterocycles. The second kappa shape index (κ2) is 6.23. The van der Waals surface area contributed by atoms with E-state index >= 15 is 0 Å². The number of aldehydes is 1. The summed E-state index contributed by atoms with van der Waals surface area (Å²) in [5, 5.41) is 0. The van der Waals surface area contributed by atoms with Crippen molar-refractivity contribution in [1.29, 1.82) is 0 Å². The molecule has 2 nitrogen and oxygen atoms in total. The Morgan fingerprint density at radius 2 is 2.00 bits per heavy atom. The van der Waals surface area contributed by atoms with Crippen LogP contribution in [0.4, 0.5) is 0 Å². The Balaban J connectivity index is 2.50. The molecular weight excluding hydrogens is 188 g/mol. The van der Waals surface area contributed by atoms with Gasteiger partial charge in [-0.25, -0.2) is 0 Å². The van der Waals surface area contributed by atoms with Gasteiger partial charge in [-0.2, -0.15) is 0 Å². The lowest BCUT2D eigenvalue weighted by Crippen LogP contribution is -1.94. The number of benzene rings is 1. The molecule has 0 N–H and O–H groups in total. The van der Waals surface area contributed by atoms with Crippen LogP contribution >= 0.6 is 0 Å². The molecule has 1 atom stereocenters. The second-order valence-corrected chi connectivity index (χ2v) is 3.77. The number of unbranched alkanes of at least 4 members (excludes halogenated alkanes) is 1. The van der Waals surface area contributed by atoms with Crippen molar-refractivity contribution in [2.75, 3.05) is 7.11 Å². The van der Waals surface area contributed by atoms with Crippen molar-refractivity contribution in [3.8, 4) is 5.75 Å². The van der Waals surface area contributed by atoms with Crippen LogP contribution in [0.2, 0.25) is 0 Å². The molecule has 0 radical (unpaired) electrons. The summed E-state index contributed by atoms with van der Waals surface area (Å²) in [6.07, 6.45) is 3.68. The van der Waals surface area contributed by atoms with Gasteiger partial charge in [0, 0.05) is 6.42 Å². The minimum Gasteiger partial charge on any atom is -0.497 e. The van der Waals surface area contributed by atoms with E-state index in [9.17, 15) is 4.79 Å². The quantitative estimate of drug-likeness (QED) is 0.528. The van der Waals surface area contributed by atoms with Crippen LogP contribution in [-0.2, 0) is 4.79 Å². The van der Waals surface area contributed by atoms with Gasteiger partial charge >= 0.3 is 0 Å². The highest BCUT2D eigenvalue weighted by Crippen LogP contribution is 2.23. The van der Waals surface area contributed by atoms with Crippen LogP contribution in [-0.4, -0.2) is 13.4 Å². The van der Waals surface area contributed by atoms with Crippen molar-refractivity contribution in [3.63, 3.8) is 0 Å². The van der Waals surface area contributed by atoms with Gasteiger partial charge in [0.05, 0.1) is 7.11 Å². The van der Waals surface area contributed by atoms with Crippen molar-refractivity contribution < 1.29 is 9.53 Å². The van der Waals surface area contributed by atoms with E-state index in [0.29, 0.717) is 12.3 Å². The summed E-state index contributed by atoms with van der Waals surface area (Å²) in [4.78, 5) is 10.2. The van der Waals surface area contributed by atoms with Crippen molar-refractivity contribution in [3.05, 3.63) is 29.8 Å². The zero-order valence-electron chi connectivity index (χ0n) is 9.40. The van der Waals surface area contributed by atoms with Crippen LogP contribution in [0, 0.1) is 0 Å². The van der Waals surface area contributed by atoms with Crippen molar-refractivity contribution in [1.82, 2.24) is 0 Å². The van der Waals surface area contributed by atoms with E-state index in [2.05, 4.69) is 19.1 Å². The minimum atomic E-state index is 0.510. The van der Waals surface area contributed by atoms with Crippen LogP contribution in [0.5, 0.6) is 5.75 Å². The van der Waals surface area contributed by atoms with E-state index in [1.807, 2.05) is 12.1 Å². The summed E-state index contributed by atoms with van der Waals surface area (Å²) >= 11 is 0. The Kier molecular flexibility index (Phi) is 4.88. The maximum atomic E-state index is 10.2. The van der Waals surface area contributed by atoms with E-state index in [-0.39, 0.29) is 0 Å². The second-order valence-electron chi connectivity index (χ2n) is 3.77. The van der Waals surface area contributed by atoms with Gasteiger partial charge in [0.1, 0.15) is 12.0 Å². The smallest absolute Gasteiger partial charge is 0.119 e. The van der Waals surface area contributed by atoms with Gasteiger partial charge in [-0.15, -0.1) is 0 Å². The molecule has 1 unspecified atom stereocenters. The van der Waals surface area contributed by atoms with Crippen LogP contribution in [0.25, 0.3) is 0 Å². The molecule has 0 aliphatic carbocycles. The van der Waals surface area contributed by atoms with Gasteiger partial charge < -0.3 is 9.53 Å². The first kappa shape index (κ1) is 11.8. The number of hydrogen-bond donors (Lipinski definition) is 0. The summed E-state index contributed by atoms with van der Waals surface area (Å²) < 4.78 is 5.10. The van der Waals surface area contributed by atoms with Gasteiger partial charge in [0.25, 0.3) is 0 Å². The number of carbonyl (C=O) groups excluding carboxylic acids is 1. The summed E-state index contributed by atoms with van der Waals surface area (Å²) in [5.41, 5.74) is 1.31. The average Bonchev–Trinajstić information content (AvgIpc) is 2.29. The highest BCUT2D eigenvalue weighted by atomic mass is 16.5. The largest absolute Gasteiger partial charge is 0.497 e. The maximum Gasteiger partial charge on any atom is 0.119 e. The van der Waals surface area contributed by atoms with Crippen LogP contribution in [0.3, 0.4) is 0 Å². The predicted octanol–water partition coefficient (Wildman–Crippen LogP) is 3.17. The summed E-state index contributed by atoms with van der Waals surface area (Å²) in [7, 11) is 1.67. The summed E-state index contributed by atoms with van der Waals surface area (Å²) in [5.74, 6) is 1.40. The van der Waals surface area contributed by atoms with Crippen molar-refractivity contribution >= 4 is 6.29 Å². The molecule has 0 heterocycles. The zero-order valence-corrected chi connectivity index (χ0v) is 9.40. The Morgan fingerprint density at radius 3 is 2.53 bits per heavy atom. The molecule has 0 bridgehead atoms. The lowest BCUT2D eigenvalue weighted by Gasteiger charge is -2.11. The molecule has 0 aromatic heterocycles. The number of hydrogen-bond acceptors (Lipinski definition) is 2. The number of ether oxygens (including phenoxy) is 1. The Hall–Kier alpha value is -1.31. The van der Waals surface area contributed by atoms with Crippen LogP contribution < -0.4 is 4.74 Å². The minimum absolute atomic E-state index is 0.510. The van der Waals surface area contributed by atoms with E-state index in [1.54, 1.807) is 7.11 Å². The predicted molar refractivity (Wildman–Crippen MR) is 61.3 cm³/mol. The fraction of sp³-hybridized carbons (Fsp3) is 0.462. The molecule has 0 fully saturated rings. The zero-order chi connectivity index (χ0) is 11.1. The third-order valence-corrected chi connectivity index (χ3v) is 2.64. The molecule has 1 rings (SSSR count). The molecule has 0 saturated carbocycles. The molecule has 15 heavy (non-hydrogen) atoms. The third-order valence-electron chi connectivity index (χ3n) is 2.64. The molecule has 0 spiro atoms. The molecule has 0 saturated heterocycles. The van der Waals surface area contributed by atoms with Crippen LogP contribution in [0.15, 0.2) is 24.3 Å². The van der Waals surface area contributed by atoms with Gasteiger partial charge in [-0.05, 0) is 36.5 Å². The van der Waals surface area contributed by atoms with E-state index in [0.717, 1.165) is 24.9 Å². The van der Waals surface area contributed by atoms with Gasteiger partial charge in [0.15, 0.2) is 0 Å². The maximum absolute atomic E-state index is 10.2. The van der Waals surface area contributed by atoms with Gasteiger partial charge in [0.2, 0.25) is 0 Å². The van der Waals surface area contributed by atoms with Crippen molar-refractivity contribution in [2.24, 2.45) is 0 Å². The normalized spacial score (nSPS) is 12.1. The average molecular weight is 206 g/mol. The molecule has 1 aromatic rings. The third kappa shape index (κ3) is 3.74. The van der Waals surface area contributed by atoms with E-state index in [1.165, 1.54) is 5.56 Å². The first-order valence-electron chi connectivity index (χ1n) is 5.35. The monoisotopic (exact) mass is 206 g/mol. The topological polar surface area (TPSA) is 26.3 Å². The molecule has 0 amide bonds. The number of carbonyl (C=O) groups is 1.